The Balaban J connectivity index is 1.56. The van der Waals surface area contributed by atoms with Crippen LogP contribution in [0.25, 0.3) is 0 Å². The Morgan fingerprint density at radius 1 is 1.24 bits per heavy atom. The number of ether oxygens (including phenoxy) is 2. The van der Waals surface area contributed by atoms with E-state index in [1.54, 1.807) is 16.6 Å². The van der Waals surface area contributed by atoms with Crippen molar-refractivity contribution in [1.29, 1.82) is 0 Å². The topological polar surface area (TPSA) is 81.6 Å². The van der Waals surface area contributed by atoms with E-state index >= 15 is 0 Å². The zero-order valence-corrected chi connectivity index (χ0v) is 12.8. The van der Waals surface area contributed by atoms with Gasteiger partial charge in [0.05, 0.1) is 12.4 Å². The summed E-state index contributed by atoms with van der Waals surface area (Å²) in [5.41, 5.74) is 0. The largest absolute Gasteiger partial charge is 0.474 e. The van der Waals surface area contributed by atoms with E-state index in [9.17, 15) is 8.42 Å². The standard InChI is InChI=1S/C13H19N3O4S/c1-19-13-14-7-4-12(15-13)20-10-5-8-16(9-6-10)21(17,18)11-2-3-11/h4,7,10-11H,2-3,5-6,8-9H2,1H3. The van der Waals surface area contributed by atoms with E-state index in [2.05, 4.69) is 9.97 Å². The lowest BCUT2D eigenvalue weighted by Gasteiger charge is -2.31. The van der Waals surface area contributed by atoms with Crippen LogP contribution < -0.4 is 9.47 Å². The van der Waals surface area contributed by atoms with Crippen LogP contribution in [0.1, 0.15) is 25.7 Å². The molecule has 0 aromatic carbocycles. The lowest BCUT2D eigenvalue weighted by Crippen LogP contribution is -2.43. The molecule has 2 heterocycles. The molecule has 0 atom stereocenters. The van der Waals surface area contributed by atoms with E-state index < -0.39 is 10.0 Å². The third-order valence-electron chi connectivity index (χ3n) is 3.78. The predicted octanol–water partition coefficient (Wildman–Crippen LogP) is 0.821. The second kappa shape index (κ2) is 5.76. The Morgan fingerprint density at radius 2 is 1.95 bits per heavy atom. The SMILES string of the molecule is COc1nccc(OC2CCN(S(=O)(=O)C3CC3)CC2)n1. The van der Waals surface area contributed by atoms with Crippen LogP contribution >= 0.6 is 0 Å². The summed E-state index contributed by atoms with van der Waals surface area (Å²) in [4.78, 5) is 8.02. The number of hydrogen-bond acceptors (Lipinski definition) is 6. The average Bonchev–Trinajstić information content (AvgIpc) is 3.33. The number of aromatic nitrogens is 2. The summed E-state index contributed by atoms with van der Waals surface area (Å²) in [6.45, 7) is 1.04. The van der Waals surface area contributed by atoms with Gasteiger partial charge in [-0.25, -0.2) is 17.7 Å². The maximum atomic E-state index is 12.1. The average molecular weight is 313 g/mol. The van der Waals surface area contributed by atoms with Crippen LogP contribution in [0.3, 0.4) is 0 Å². The molecule has 21 heavy (non-hydrogen) atoms. The summed E-state index contributed by atoms with van der Waals surface area (Å²) in [5, 5.41) is -0.138. The van der Waals surface area contributed by atoms with Gasteiger partial charge in [0, 0.05) is 25.4 Å². The molecule has 3 rings (SSSR count). The summed E-state index contributed by atoms with van der Waals surface area (Å²) in [5.74, 6) is 0.463. The third-order valence-corrected chi connectivity index (χ3v) is 6.18. The summed E-state index contributed by atoms with van der Waals surface area (Å²) < 4.78 is 36.6. The van der Waals surface area contributed by atoms with E-state index in [0.29, 0.717) is 31.8 Å². The summed E-state index contributed by atoms with van der Waals surface area (Å²) in [7, 11) is -1.56. The molecule has 2 fully saturated rings. The Bertz CT molecular complexity index is 595. The van der Waals surface area contributed by atoms with Crippen LogP contribution in [0.2, 0.25) is 0 Å². The first-order valence-corrected chi connectivity index (χ1v) is 8.62. The van der Waals surface area contributed by atoms with Gasteiger partial charge in [0.15, 0.2) is 0 Å². The lowest BCUT2D eigenvalue weighted by atomic mass is 10.1. The van der Waals surface area contributed by atoms with Crippen LogP contribution in [-0.2, 0) is 10.0 Å². The highest BCUT2D eigenvalue weighted by molar-refractivity contribution is 7.90. The predicted molar refractivity (Wildman–Crippen MR) is 75.7 cm³/mol. The van der Waals surface area contributed by atoms with Crippen LogP contribution in [0, 0.1) is 0 Å². The number of nitrogens with zero attached hydrogens (tertiary/aromatic N) is 3. The lowest BCUT2D eigenvalue weighted by molar-refractivity contribution is 0.128. The van der Waals surface area contributed by atoms with Crippen LogP contribution in [0.15, 0.2) is 12.3 Å². The minimum atomic E-state index is -3.06. The fourth-order valence-corrected chi connectivity index (χ4v) is 4.31. The molecule has 1 aliphatic carbocycles. The van der Waals surface area contributed by atoms with Crippen molar-refractivity contribution in [3.05, 3.63) is 12.3 Å². The molecule has 8 heteroatoms. The molecule has 0 unspecified atom stereocenters. The number of methoxy groups -OCH3 is 1. The quantitative estimate of drug-likeness (QED) is 0.800. The normalized spacial score (nSPS) is 21.2. The maximum Gasteiger partial charge on any atom is 0.319 e. The van der Waals surface area contributed by atoms with Gasteiger partial charge in [0.2, 0.25) is 15.9 Å². The van der Waals surface area contributed by atoms with Gasteiger partial charge in [-0.1, -0.05) is 0 Å². The van der Waals surface area contributed by atoms with Gasteiger partial charge >= 0.3 is 6.01 Å². The second-order valence-electron chi connectivity index (χ2n) is 5.34. The molecule has 0 amide bonds. The van der Waals surface area contributed by atoms with Gasteiger partial charge in [0.1, 0.15) is 6.10 Å². The summed E-state index contributed by atoms with van der Waals surface area (Å²) in [6.07, 6.45) is 4.53. The monoisotopic (exact) mass is 313 g/mol. The number of piperidine rings is 1. The van der Waals surface area contributed by atoms with Gasteiger partial charge < -0.3 is 9.47 Å². The Kier molecular flexibility index (Phi) is 3.99. The highest BCUT2D eigenvalue weighted by Gasteiger charge is 2.41. The van der Waals surface area contributed by atoms with E-state index in [1.165, 1.54) is 7.11 Å². The van der Waals surface area contributed by atoms with Crippen molar-refractivity contribution in [2.45, 2.75) is 37.0 Å². The van der Waals surface area contributed by atoms with Crippen molar-refractivity contribution < 1.29 is 17.9 Å². The summed E-state index contributed by atoms with van der Waals surface area (Å²) >= 11 is 0. The van der Waals surface area contributed by atoms with Crippen LogP contribution in [0.4, 0.5) is 0 Å². The second-order valence-corrected chi connectivity index (χ2v) is 7.56. The molecule has 2 aliphatic rings. The van der Waals surface area contributed by atoms with E-state index in [1.807, 2.05) is 0 Å². The first-order chi connectivity index (χ1) is 10.1. The minimum absolute atomic E-state index is 0.0183. The van der Waals surface area contributed by atoms with Crippen LogP contribution in [-0.4, -0.2) is 54.2 Å². The van der Waals surface area contributed by atoms with Gasteiger partial charge in [-0.3, -0.25) is 0 Å². The van der Waals surface area contributed by atoms with E-state index in [0.717, 1.165) is 12.8 Å². The smallest absolute Gasteiger partial charge is 0.319 e. The van der Waals surface area contributed by atoms with Crippen molar-refractivity contribution in [2.24, 2.45) is 0 Å². The van der Waals surface area contributed by atoms with Crippen molar-refractivity contribution in [3.8, 4) is 11.9 Å². The van der Waals surface area contributed by atoms with Gasteiger partial charge in [0.25, 0.3) is 0 Å². The molecule has 1 saturated heterocycles. The van der Waals surface area contributed by atoms with E-state index in [-0.39, 0.29) is 17.4 Å². The van der Waals surface area contributed by atoms with Crippen molar-refractivity contribution in [1.82, 2.24) is 14.3 Å². The molecular weight excluding hydrogens is 294 g/mol. The van der Waals surface area contributed by atoms with Gasteiger partial charge in [-0.15, -0.1) is 0 Å². The summed E-state index contributed by atoms with van der Waals surface area (Å²) in [6, 6.07) is 1.94. The van der Waals surface area contributed by atoms with Crippen LogP contribution in [0.5, 0.6) is 11.9 Å². The molecule has 0 N–H and O–H groups in total. The number of sulfonamides is 1. The molecule has 1 aliphatic heterocycles. The third kappa shape index (κ3) is 3.26. The molecule has 1 saturated carbocycles. The molecular formula is C13H19N3O4S. The number of hydrogen-bond donors (Lipinski definition) is 0. The molecule has 116 valence electrons. The molecule has 1 aromatic heterocycles. The van der Waals surface area contributed by atoms with Crippen molar-refractivity contribution in [2.75, 3.05) is 20.2 Å². The fraction of sp³-hybridized carbons (Fsp3) is 0.692. The first-order valence-electron chi connectivity index (χ1n) is 7.12. The molecule has 1 aromatic rings. The van der Waals surface area contributed by atoms with E-state index in [4.69, 9.17) is 9.47 Å². The zero-order chi connectivity index (χ0) is 14.9. The zero-order valence-electron chi connectivity index (χ0n) is 11.9. The molecule has 7 nitrogen and oxygen atoms in total. The van der Waals surface area contributed by atoms with Crippen molar-refractivity contribution in [3.63, 3.8) is 0 Å². The Morgan fingerprint density at radius 3 is 2.57 bits per heavy atom. The maximum absolute atomic E-state index is 12.1. The van der Waals surface area contributed by atoms with Crippen molar-refractivity contribution >= 4 is 10.0 Å². The van der Waals surface area contributed by atoms with Gasteiger partial charge in [-0.05, 0) is 25.7 Å². The fourth-order valence-electron chi connectivity index (χ4n) is 2.44. The Hall–Kier alpha value is -1.41. The molecule has 0 spiro atoms. The van der Waals surface area contributed by atoms with Gasteiger partial charge in [-0.2, -0.15) is 4.98 Å². The Labute approximate surface area is 124 Å². The highest BCUT2D eigenvalue weighted by atomic mass is 32.2. The first kappa shape index (κ1) is 14.5. The number of rotatable bonds is 5. The minimum Gasteiger partial charge on any atom is -0.474 e. The highest BCUT2D eigenvalue weighted by Crippen LogP contribution is 2.32. The molecule has 0 radical (unpaired) electrons. The molecule has 0 bridgehead atoms.